The lowest BCUT2D eigenvalue weighted by atomic mass is 9.98. The zero-order chi connectivity index (χ0) is 18.4. The molecule has 0 spiro atoms. The van der Waals surface area contributed by atoms with Gasteiger partial charge < -0.3 is 9.32 Å². The van der Waals surface area contributed by atoms with Gasteiger partial charge in [0.25, 0.3) is 5.91 Å². The fourth-order valence-corrected chi connectivity index (χ4v) is 3.81. The zero-order valence-electron chi connectivity index (χ0n) is 14.4. The molecule has 5 rings (SSSR count). The normalized spacial score (nSPS) is 16.1. The summed E-state index contributed by atoms with van der Waals surface area (Å²) in [6.07, 6.45) is 0. The number of H-pyrrole nitrogens is 1. The van der Waals surface area contributed by atoms with Gasteiger partial charge in [-0.25, -0.2) is 4.79 Å². The molecular weight excluding hydrogens is 340 g/mol. The predicted molar refractivity (Wildman–Crippen MR) is 101 cm³/mol. The first kappa shape index (κ1) is 15.6. The minimum Gasteiger partial charge on any atom is -0.408 e. The number of nitrogens with one attached hydrogen (secondary N) is 1. The number of hydrogen-bond acceptors (Lipinski definition) is 3. The van der Waals surface area contributed by atoms with Gasteiger partial charge in [0.1, 0.15) is 0 Å². The van der Waals surface area contributed by atoms with Gasteiger partial charge in [-0.05, 0) is 34.9 Å². The van der Waals surface area contributed by atoms with E-state index < -0.39 is 5.76 Å². The van der Waals surface area contributed by atoms with Gasteiger partial charge >= 0.3 is 5.76 Å². The fourth-order valence-electron chi connectivity index (χ4n) is 3.81. The van der Waals surface area contributed by atoms with E-state index in [0.717, 1.165) is 22.3 Å². The van der Waals surface area contributed by atoms with Crippen LogP contribution in [0.1, 0.15) is 33.1 Å². The Balaban J connectivity index is 1.58. The van der Waals surface area contributed by atoms with E-state index in [1.54, 1.807) is 6.07 Å². The molecule has 5 heteroatoms. The van der Waals surface area contributed by atoms with Crippen LogP contribution >= 0.6 is 0 Å². The number of carbonyl (C=O) groups is 1. The van der Waals surface area contributed by atoms with Crippen LogP contribution in [-0.4, -0.2) is 15.8 Å². The van der Waals surface area contributed by atoms with E-state index in [1.807, 2.05) is 71.6 Å². The molecule has 2 heterocycles. The number of amides is 1. The van der Waals surface area contributed by atoms with Crippen molar-refractivity contribution in [1.29, 1.82) is 0 Å². The first-order chi connectivity index (χ1) is 13.2. The van der Waals surface area contributed by atoms with Crippen molar-refractivity contribution in [3.63, 3.8) is 0 Å². The second-order valence-corrected chi connectivity index (χ2v) is 6.68. The van der Waals surface area contributed by atoms with Crippen molar-refractivity contribution in [2.24, 2.45) is 0 Å². The number of rotatable bonds is 3. The topological polar surface area (TPSA) is 66.3 Å². The Labute approximate surface area is 154 Å². The van der Waals surface area contributed by atoms with Crippen LogP contribution in [0, 0.1) is 0 Å². The highest BCUT2D eigenvalue weighted by Gasteiger charge is 2.37. The second-order valence-electron chi connectivity index (χ2n) is 6.68. The number of aromatic nitrogens is 1. The Bertz CT molecular complexity index is 1210. The third kappa shape index (κ3) is 2.56. The first-order valence-corrected chi connectivity index (χ1v) is 8.77. The molecule has 3 aromatic carbocycles. The summed E-state index contributed by atoms with van der Waals surface area (Å²) in [7, 11) is 0. The third-order valence-electron chi connectivity index (χ3n) is 5.01. The summed E-state index contributed by atoms with van der Waals surface area (Å²) in [6.45, 7) is 0.428. The molecule has 0 saturated carbocycles. The number of benzene rings is 3. The van der Waals surface area contributed by atoms with Crippen molar-refractivity contribution in [2.45, 2.75) is 12.6 Å². The monoisotopic (exact) mass is 356 g/mol. The molecule has 0 radical (unpaired) electrons. The van der Waals surface area contributed by atoms with Crippen LogP contribution in [0.15, 0.2) is 82.0 Å². The van der Waals surface area contributed by atoms with Crippen LogP contribution in [-0.2, 0) is 6.54 Å². The molecule has 1 aliphatic heterocycles. The van der Waals surface area contributed by atoms with Crippen molar-refractivity contribution in [3.8, 4) is 0 Å². The maximum absolute atomic E-state index is 13.1. The van der Waals surface area contributed by atoms with Crippen LogP contribution in [0.3, 0.4) is 0 Å². The number of fused-ring (bicyclic) bond motifs is 2. The van der Waals surface area contributed by atoms with Gasteiger partial charge in [-0.3, -0.25) is 9.78 Å². The highest BCUT2D eigenvalue weighted by atomic mass is 16.4. The summed E-state index contributed by atoms with van der Waals surface area (Å²) >= 11 is 0. The molecule has 5 nitrogen and oxygen atoms in total. The molecule has 0 aliphatic carbocycles. The molecule has 1 aromatic heterocycles. The Morgan fingerprint density at radius 2 is 1.70 bits per heavy atom. The van der Waals surface area contributed by atoms with Gasteiger partial charge in [0.15, 0.2) is 5.58 Å². The molecule has 1 amide bonds. The summed E-state index contributed by atoms with van der Waals surface area (Å²) < 4.78 is 5.16. The largest absolute Gasteiger partial charge is 0.417 e. The summed E-state index contributed by atoms with van der Waals surface area (Å²) in [5, 5.41) is 0. The van der Waals surface area contributed by atoms with Crippen molar-refractivity contribution < 1.29 is 9.21 Å². The maximum atomic E-state index is 13.1. The van der Waals surface area contributed by atoms with Crippen LogP contribution in [0.25, 0.3) is 11.1 Å². The van der Waals surface area contributed by atoms with Gasteiger partial charge in [-0.15, -0.1) is 0 Å². The van der Waals surface area contributed by atoms with E-state index in [4.69, 9.17) is 4.42 Å². The number of carbonyl (C=O) groups excluding carboxylic acids is 1. The standard InChI is InChI=1S/C22H16N2O3/c25-21-17-9-5-4-8-16(17)20(15-6-2-1-3-7-15)24(21)13-14-10-11-18-19(12-14)27-22(26)23-18/h1-12,20H,13H2,(H,23,26). The number of nitrogens with zero attached hydrogens (tertiary/aromatic N) is 1. The summed E-state index contributed by atoms with van der Waals surface area (Å²) in [6, 6.07) is 23.2. The molecule has 1 atom stereocenters. The molecule has 132 valence electrons. The van der Waals surface area contributed by atoms with E-state index in [9.17, 15) is 9.59 Å². The summed E-state index contributed by atoms with van der Waals surface area (Å²) in [5.41, 5.74) is 4.89. The molecule has 0 saturated heterocycles. The Morgan fingerprint density at radius 1 is 0.926 bits per heavy atom. The van der Waals surface area contributed by atoms with Crippen molar-refractivity contribution >= 4 is 17.0 Å². The van der Waals surface area contributed by atoms with Gasteiger partial charge in [0.05, 0.1) is 11.6 Å². The highest BCUT2D eigenvalue weighted by molar-refractivity contribution is 5.99. The second kappa shape index (κ2) is 5.99. The van der Waals surface area contributed by atoms with Gasteiger partial charge in [-0.1, -0.05) is 54.6 Å². The van der Waals surface area contributed by atoms with Gasteiger partial charge in [-0.2, -0.15) is 0 Å². The van der Waals surface area contributed by atoms with Crippen LogP contribution in [0.4, 0.5) is 0 Å². The third-order valence-corrected chi connectivity index (χ3v) is 5.01. The van der Waals surface area contributed by atoms with Crippen molar-refractivity contribution in [1.82, 2.24) is 9.88 Å². The van der Waals surface area contributed by atoms with E-state index >= 15 is 0 Å². The molecule has 0 bridgehead atoms. The lowest BCUT2D eigenvalue weighted by Crippen LogP contribution is -2.28. The van der Waals surface area contributed by atoms with E-state index in [1.165, 1.54) is 0 Å². The molecular formula is C22H16N2O3. The average Bonchev–Trinajstić information content (AvgIpc) is 3.19. The SMILES string of the molecule is O=C1c2ccccc2C(c2ccccc2)N1Cc1ccc2[nH]c(=O)oc2c1. The summed E-state index contributed by atoms with van der Waals surface area (Å²) in [4.78, 5) is 29.0. The van der Waals surface area contributed by atoms with Gasteiger partial charge in [0.2, 0.25) is 0 Å². The number of hydrogen-bond donors (Lipinski definition) is 1. The predicted octanol–water partition coefficient (Wildman–Crippen LogP) is 3.87. The smallest absolute Gasteiger partial charge is 0.408 e. The Hall–Kier alpha value is -3.60. The highest BCUT2D eigenvalue weighted by Crippen LogP contribution is 2.39. The van der Waals surface area contributed by atoms with Crippen molar-refractivity contribution in [2.75, 3.05) is 0 Å². The maximum Gasteiger partial charge on any atom is 0.417 e. The van der Waals surface area contributed by atoms with Crippen LogP contribution in [0.5, 0.6) is 0 Å². The molecule has 1 unspecified atom stereocenters. The lowest BCUT2D eigenvalue weighted by Gasteiger charge is -2.26. The molecule has 0 fully saturated rings. The number of oxazole rings is 1. The van der Waals surface area contributed by atoms with E-state index in [-0.39, 0.29) is 11.9 Å². The average molecular weight is 356 g/mol. The van der Waals surface area contributed by atoms with Crippen molar-refractivity contribution in [3.05, 3.63) is 106 Å². The molecule has 1 aliphatic rings. The van der Waals surface area contributed by atoms with E-state index in [0.29, 0.717) is 17.6 Å². The Morgan fingerprint density at radius 3 is 2.56 bits per heavy atom. The quantitative estimate of drug-likeness (QED) is 0.606. The van der Waals surface area contributed by atoms with Crippen LogP contribution < -0.4 is 5.76 Å². The minimum absolute atomic E-state index is 0.00933. The first-order valence-electron chi connectivity index (χ1n) is 8.77. The zero-order valence-corrected chi connectivity index (χ0v) is 14.4. The number of aromatic amines is 1. The molecule has 27 heavy (non-hydrogen) atoms. The van der Waals surface area contributed by atoms with Crippen LogP contribution in [0.2, 0.25) is 0 Å². The van der Waals surface area contributed by atoms with Gasteiger partial charge in [0, 0.05) is 12.1 Å². The molecule has 4 aromatic rings. The van der Waals surface area contributed by atoms with E-state index in [2.05, 4.69) is 4.98 Å². The molecule has 1 N–H and O–H groups in total. The fraction of sp³-hybridized carbons (Fsp3) is 0.0909. The lowest BCUT2D eigenvalue weighted by molar-refractivity contribution is 0.0736. The summed E-state index contributed by atoms with van der Waals surface area (Å²) in [5.74, 6) is -0.468. The minimum atomic E-state index is -0.478. The Kier molecular flexibility index (Phi) is 3.47.